The highest BCUT2D eigenvalue weighted by Crippen LogP contribution is 2.32. The standard InChI is InChI=1S/C22H27F3N2O3S/c1-15(2)30-20-8-5-17(6-9-20)13-27-11-10-19(14-27)26-31(28,29)21-12-18(22(23,24)25)7-4-16(21)3/h4-9,12,15,19,26H,10-11,13-14H2,1-3H3/t19-/m1/s1. The Balaban J connectivity index is 1.63. The van der Waals surface area contributed by atoms with Crippen LogP contribution in [0.2, 0.25) is 0 Å². The summed E-state index contributed by atoms with van der Waals surface area (Å²) >= 11 is 0. The van der Waals surface area contributed by atoms with Gasteiger partial charge in [0.2, 0.25) is 10.0 Å². The molecule has 5 nitrogen and oxygen atoms in total. The number of aryl methyl sites for hydroxylation is 1. The first-order valence-corrected chi connectivity index (χ1v) is 11.6. The molecule has 0 spiro atoms. The van der Waals surface area contributed by atoms with E-state index in [2.05, 4.69) is 9.62 Å². The maximum absolute atomic E-state index is 13.0. The Kier molecular flexibility index (Phi) is 6.98. The number of rotatable bonds is 7. The number of benzene rings is 2. The Morgan fingerprint density at radius 1 is 1.16 bits per heavy atom. The van der Waals surface area contributed by atoms with E-state index >= 15 is 0 Å². The topological polar surface area (TPSA) is 58.6 Å². The predicted octanol–water partition coefficient (Wildman–Crippen LogP) is 4.35. The number of nitrogens with one attached hydrogen (secondary N) is 1. The van der Waals surface area contributed by atoms with Gasteiger partial charge in [-0.1, -0.05) is 18.2 Å². The molecule has 0 radical (unpaired) electrons. The van der Waals surface area contributed by atoms with Crippen molar-refractivity contribution in [3.05, 3.63) is 59.2 Å². The summed E-state index contributed by atoms with van der Waals surface area (Å²) in [5.74, 6) is 0.794. The van der Waals surface area contributed by atoms with Crippen LogP contribution in [0.5, 0.6) is 5.75 Å². The van der Waals surface area contributed by atoms with E-state index in [1.807, 2.05) is 38.1 Å². The fraction of sp³-hybridized carbons (Fsp3) is 0.455. The highest BCUT2D eigenvalue weighted by molar-refractivity contribution is 7.89. The minimum absolute atomic E-state index is 0.0960. The van der Waals surface area contributed by atoms with E-state index < -0.39 is 21.8 Å². The smallest absolute Gasteiger partial charge is 0.416 e. The molecular weight excluding hydrogens is 429 g/mol. The lowest BCUT2D eigenvalue weighted by Crippen LogP contribution is -2.37. The molecule has 1 heterocycles. The zero-order chi connectivity index (χ0) is 22.8. The van der Waals surface area contributed by atoms with Crippen LogP contribution in [0.15, 0.2) is 47.4 Å². The first-order chi connectivity index (χ1) is 14.4. The third kappa shape index (κ3) is 6.21. The zero-order valence-corrected chi connectivity index (χ0v) is 18.6. The van der Waals surface area contributed by atoms with E-state index in [0.29, 0.717) is 32.1 Å². The Morgan fingerprint density at radius 2 is 1.84 bits per heavy atom. The summed E-state index contributed by atoms with van der Waals surface area (Å²) in [7, 11) is -4.06. The van der Waals surface area contributed by atoms with E-state index in [1.165, 1.54) is 13.0 Å². The molecular formula is C22H27F3N2O3S. The van der Waals surface area contributed by atoms with Crippen molar-refractivity contribution >= 4 is 10.0 Å². The van der Waals surface area contributed by atoms with Crippen molar-refractivity contribution in [3.63, 3.8) is 0 Å². The van der Waals surface area contributed by atoms with Gasteiger partial charge in [0.25, 0.3) is 0 Å². The third-order valence-corrected chi connectivity index (χ3v) is 6.76. The van der Waals surface area contributed by atoms with Gasteiger partial charge in [0, 0.05) is 25.7 Å². The van der Waals surface area contributed by atoms with Gasteiger partial charge in [-0.05, 0) is 62.6 Å². The van der Waals surface area contributed by atoms with Gasteiger partial charge in [-0.3, -0.25) is 4.90 Å². The van der Waals surface area contributed by atoms with Crippen LogP contribution in [0.1, 0.15) is 37.0 Å². The largest absolute Gasteiger partial charge is 0.491 e. The highest BCUT2D eigenvalue weighted by Gasteiger charge is 2.33. The number of ether oxygens (including phenoxy) is 1. The van der Waals surface area contributed by atoms with Gasteiger partial charge in [-0.15, -0.1) is 0 Å². The van der Waals surface area contributed by atoms with E-state index in [1.54, 1.807) is 0 Å². The molecule has 1 fully saturated rings. The van der Waals surface area contributed by atoms with Crippen LogP contribution in [0, 0.1) is 6.92 Å². The van der Waals surface area contributed by atoms with Crippen molar-refractivity contribution in [3.8, 4) is 5.75 Å². The van der Waals surface area contributed by atoms with Crippen LogP contribution in [-0.2, 0) is 22.7 Å². The normalized spacial score (nSPS) is 18.0. The first-order valence-electron chi connectivity index (χ1n) is 10.1. The number of sulfonamides is 1. The van der Waals surface area contributed by atoms with Crippen LogP contribution in [0.4, 0.5) is 13.2 Å². The minimum Gasteiger partial charge on any atom is -0.491 e. The second kappa shape index (κ2) is 9.18. The summed E-state index contributed by atoms with van der Waals surface area (Å²) in [6.07, 6.45) is -3.91. The Morgan fingerprint density at radius 3 is 2.45 bits per heavy atom. The molecule has 0 aliphatic carbocycles. The molecule has 1 aliphatic heterocycles. The summed E-state index contributed by atoms with van der Waals surface area (Å²) in [6.45, 7) is 7.24. The fourth-order valence-corrected chi connectivity index (χ4v) is 5.16. The molecule has 31 heavy (non-hydrogen) atoms. The lowest BCUT2D eigenvalue weighted by Gasteiger charge is -2.18. The van der Waals surface area contributed by atoms with Crippen LogP contribution < -0.4 is 9.46 Å². The van der Waals surface area contributed by atoms with Crippen LogP contribution >= 0.6 is 0 Å². The second-order valence-corrected chi connectivity index (χ2v) is 9.81. The van der Waals surface area contributed by atoms with Crippen molar-refractivity contribution in [1.82, 2.24) is 9.62 Å². The molecule has 3 rings (SSSR count). The van der Waals surface area contributed by atoms with Crippen LogP contribution in [-0.4, -0.2) is 38.6 Å². The number of hydrogen-bond acceptors (Lipinski definition) is 4. The molecule has 170 valence electrons. The second-order valence-electron chi connectivity index (χ2n) is 8.13. The summed E-state index contributed by atoms with van der Waals surface area (Å²) < 4.78 is 72.8. The Hall–Kier alpha value is -2.10. The number of likely N-dealkylation sites (tertiary alicyclic amines) is 1. The van der Waals surface area contributed by atoms with Crippen LogP contribution in [0.3, 0.4) is 0 Å². The molecule has 1 atom stereocenters. The molecule has 9 heteroatoms. The van der Waals surface area contributed by atoms with E-state index in [4.69, 9.17) is 4.74 Å². The van der Waals surface area contributed by atoms with Crippen molar-refractivity contribution in [1.29, 1.82) is 0 Å². The van der Waals surface area contributed by atoms with Crippen LogP contribution in [0.25, 0.3) is 0 Å². The number of nitrogens with zero attached hydrogens (tertiary/aromatic N) is 1. The van der Waals surface area contributed by atoms with Crippen molar-refractivity contribution in [2.45, 2.75) is 57.0 Å². The molecule has 1 aliphatic rings. The lowest BCUT2D eigenvalue weighted by atomic mass is 10.1. The predicted molar refractivity (Wildman–Crippen MR) is 112 cm³/mol. The summed E-state index contributed by atoms with van der Waals surface area (Å²) in [4.78, 5) is 1.78. The van der Waals surface area contributed by atoms with Gasteiger partial charge < -0.3 is 4.74 Å². The van der Waals surface area contributed by atoms with Gasteiger partial charge in [0.15, 0.2) is 0 Å². The van der Waals surface area contributed by atoms with E-state index in [9.17, 15) is 21.6 Å². The Bertz CT molecular complexity index is 1010. The highest BCUT2D eigenvalue weighted by atomic mass is 32.2. The average Bonchev–Trinajstić information content (AvgIpc) is 3.08. The number of hydrogen-bond donors (Lipinski definition) is 1. The molecule has 0 saturated carbocycles. The lowest BCUT2D eigenvalue weighted by molar-refractivity contribution is -0.137. The molecule has 0 amide bonds. The van der Waals surface area contributed by atoms with Gasteiger partial charge in [-0.2, -0.15) is 13.2 Å². The van der Waals surface area contributed by atoms with Gasteiger partial charge in [0.05, 0.1) is 16.6 Å². The van der Waals surface area contributed by atoms with Gasteiger partial charge >= 0.3 is 6.18 Å². The molecule has 1 saturated heterocycles. The van der Waals surface area contributed by atoms with Crippen molar-refractivity contribution in [2.24, 2.45) is 0 Å². The molecule has 0 unspecified atom stereocenters. The molecule has 0 aromatic heterocycles. The Labute approximate surface area is 181 Å². The maximum Gasteiger partial charge on any atom is 0.416 e. The summed E-state index contributed by atoms with van der Waals surface area (Å²) in [5, 5.41) is 0. The van der Waals surface area contributed by atoms with Gasteiger partial charge in [-0.25, -0.2) is 13.1 Å². The summed E-state index contributed by atoms with van der Waals surface area (Å²) in [6, 6.07) is 10.2. The van der Waals surface area contributed by atoms with Crippen molar-refractivity contribution in [2.75, 3.05) is 13.1 Å². The van der Waals surface area contributed by atoms with Crippen molar-refractivity contribution < 1.29 is 26.3 Å². The number of halogens is 3. The quantitative estimate of drug-likeness (QED) is 0.673. The minimum atomic E-state index is -4.60. The molecule has 2 aromatic carbocycles. The maximum atomic E-state index is 13.0. The molecule has 0 bridgehead atoms. The van der Waals surface area contributed by atoms with Gasteiger partial charge in [0.1, 0.15) is 5.75 Å². The monoisotopic (exact) mass is 456 g/mol. The zero-order valence-electron chi connectivity index (χ0n) is 17.7. The van der Waals surface area contributed by atoms with E-state index in [0.717, 1.165) is 17.4 Å². The fourth-order valence-electron chi connectivity index (χ4n) is 3.63. The average molecular weight is 457 g/mol. The molecule has 2 aromatic rings. The molecule has 1 N–H and O–H groups in total. The third-order valence-electron chi connectivity index (χ3n) is 5.10. The number of alkyl halides is 3. The SMILES string of the molecule is Cc1ccc(C(F)(F)F)cc1S(=O)(=O)N[C@@H]1CCN(Cc2ccc(OC(C)C)cc2)C1. The first kappa shape index (κ1) is 23.6. The summed E-state index contributed by atoms with van der Waals surface area (Å²) in [5.41, 5.74) is 0.379. The van der Waals surface area contributed by atoms with E-state index in [-0.39, 0.29) is 22.6 Å².